The van der Waals surface area contributed by atoms with Crippen molar-refractivity contribution in [2.24, 2.45) is 0 Å². The number of nitrogens with one attached hydrogen (secondary N) is 1. The molecule has 2 aromatic carbocycles. The van der Waals surface area contributed by atoms with Gasteiger partial charge in [-0.2, -0.15) is 0 Å². The van der Waals surface area contributed by atoms with Crippen LogP contribution in [0.1, 0.15) is 10.4 Å². The highest BCUT2D eigenvalue weighted by atomic mass is 16.6. The van der Waals surface area contributed by atoms with Gasteiger partial charge in [0.15, 0.2) is 6.61 Å². The zero-order valence-corrected chi connectivity index (χ0v) is 17.2. The largest absolute Gasteiger partial charge is 0.452 e. The lowest BCUT2D eigenvalue weighted by molar-refractivity contribution is -0.384. The summed E-state index contributed by atoms with van der Waals surface area (Å²) in [6.45, 7) is 1.37. The molecule has 1 amide bonds. The molecule has 0 unspecified atom stereocenters. The Kier molecular flexibility index (Phi) is 6.83. The van der Waals surface area contributed by atoms with Crippen LogP contribution in [-0.4, -0.2) is 66.5 Å². The summed E-state index contributed by atoms with van der Waals surface area (Å²) >= 11 is 0. The van der Waals surface area contributed by atoms with Crippen molar-refractivity contribution in [1.29, 1.82) is 0 Å². The van der Waals surface area contributed by atoms with Crippen LogP contribution < -0.4 is 10.2 Å². The Balaban J connectivity index is 1.52. The third-order valence-corrected chi connectivity index (χ3v) is 5.08. The average Bonchev–Trinajstić information content (AvgIpc) is 2.82. The van der Waals surface area contributed by atoms with Gasteiger partial charge >= 0.3 is 5.97 Å². The molecule has 2 aromatic rings. The van der Waals surface area contributed by atoms with Crippen molar-refractivity contribution in [2.45, 2.75) is 0 Å². The normalized spacial score (nSPS) is 13.4. The lowest BCUT2D eigenvalue weighted by atomic mass is 10.1. The third-order valence-electron chi connectivity index (χ3n) is 5.08. The van der Waals surface area contributed by atoms with Crippen LogP contribution in [0, 0.1) is 20.2 Å². The molecular formula is C20H21N5O7. The van der Waals surface area contributed by atoms with E-state index in [0.717, 1.165) is 11.8 Å². The van der Waals surface area contributed by atoms with Gasteiger partial charge in [-0.05, 0) is 24.3 Å². The molecule has 1 saturated heterocycles. The maximum Gasteiger partial charge on any atom is 0.338 e. The number of esters is 1. The molecule has 0 radical (unpaired) electrons. The SMILES string of the molecule is CNc1ccc(C(=O)OCC(=O)N2CCN(c3ccc([N+](=O)[O-])cc3)CC2)cc1[N+](=O)[O-]. The molecule has 3 rings (SSSR count). The number of piperazine rings is 1. The van der Waals surface area contributed by atoms with Crippen molar-refractivity contribution in [3.05, 3.63) is 68.3 Å². The number of carbonyl (C=O) groups is 2. The first-order chi connectivity index (χ1) is 15.3. The van der Waals surface area contributed by atoms with Crippen molar-refractivity contribution in [3.8, 4) is 0 Å². The highest BCUT2D eigenvalue weighted by Gasteiger charge is 2.24. The van der Waals surface area contributed by atoms with E-state index < -0.39 is 22.4 Å². The molecule has 1 N–H and O–H groups in total. The summed E-state index contributed by atoms with van der Waals surface area (Å²) in [5, 5.41) is 24.6. The average molecular weight is 443 g/mol. The molecule has 12 nitrogen and oxygen atoms in total. The van der Waals surface area contributed by atoms with Crippen LogP contribution in [0.25, 0.3) is 0 Å². The van der Waals surface area contributed by atoms with Crippen LogP contribution in [0.2, 0.25) is 0 Å². The molecular weight excluding hydrogens is 422 g/mol. The highest BCUT2D eigenvalue weighted by Crippen LogP contribution is 2.25. The summed E-state index contributed by atoms with van der Waals surface area (Å²) in [5.74, 6) is -1.20. The number of nitrogens with zero attached hydrogens (tertiary/aromatic N) is 4. The number of carbonyl (C=O) groups excluding carboxylic acids is 2. The van der Waals surface area contributed by atoms with E-state index in [9.17, 15) is 29.8 Å². The lowest BCUT2D eigenvalue weighted by Crippen LogP contribution is -2.49. The van der Waals surface area contributed by atoms with Gasteiger partial charge < -0.3 is 19.9 Å². The number of nitro groups is 2. The number of ether oxygens (including phenoxy) is 1. The molecule has 1 aliphatic heterocycles. The van der Waals surface area contributed by atoms with Gasteiger partial charge in [-0.3, -0.25) is 25.0 Å². The molecule has 32 heavy (non-hydrogen) atoms. The standard InChI is InChI=1S/C20H21N5O7/c1-21-17-7-2-14(12-18(17)25(30)31)20(27)32-13-19(26)23-10-8-22(9-11-23)15-3-5-16(6-4-15)24(28)29/h2-7,12,21H,8-11,13H2,1H3. The van der Waals surface area contributed by atoms with E-state index in [2.05, 4.69) is 5.32 Å². The van der Waals surface area contributed by atoms with E-state index in [-0.39, 0.29) is 28.5 Å². The second-order valence-corrected chi connectivity index (χ2v) is 6.96. The highest BCUT2D eigenvalue weighted by molar-refractivity contribution is 5.93. The Morgan fingerprint density at radius 3 is 2.22 bits per heavy atom. The Morgan fingerprint density at radius 1 is 1.00 bits per heavy atom. The number of rotatable bonds is 7. The summed E-state index contributed by atoms with van der Waals surface area (Å²) in [7, 11) is 1.53. The first-order valence-electron chi connectivity index (χ1n) is 9.70. The van der Waals surface area contributed by atoms with Crippen LogP contribution >= 0.6 is 0 Å². The van der Waals surface area contributed by atoms with Crippen molar-refractivity contribution >= 4 is 34.6 Å². The fourth-order valence-electron chi connectivity index (χ4n) is 3.32. The predicted octanol–water partition coefficient (Wildman–Crippen LogP) is 2.05. The fourth-order valence-corrected chi connectivity index (χ4v) is 3.32. The molecule has 0 spiro atoms. The van der Waals surface area contributed by atoms with Gasteiger partial charge in [0.25, 0.3) is 17.3 Å². The van der Waals surface area contributed by atoms with Gasteiger partial charge in [0.05, 0.1) is 15.4 Å². The van der Waals surface area contributed by atoms with Crippen molar-refractivity contribution in [2.75, 3.05) is 50.1 Å². The molecule has 0 saturated carbocycles. The third kappa shape index (κ3) is 5.09. The smallest absolute Gasteiger partial charge is 0.338 e. The number of nitro benzene ring substituents is 2. The van der Waals surface area contributed by atoms with Gasteiger partial charge in [0.2, 0.25) is 0 Å². The van der Waals surface area contributed by atoms with Crippen LogP contribution in [0.3, 0.4) is 0 Å². The Morgan fingerprint density at radius 2 is 1.66 bits per heavy atom. The summed E-state index contributed by atoms with van der Waals surface area (Å²) in [6.07, 6.45) is 0. The molecule has 0 bridgehead atoms. The van der Waals surface area contributed by atoms with Crippen LogP contribution in [0.4, 0.5) is 22.7 Å². The maximum absolute atomic E-state index is 12.4. The Labute approximate surface area is 182 Å². The van der Waals surface area contributed by atoms with E-state index in [1.54, 1.807) is 17.0 Å². The van der Waals surface area contributed by atoms with E-state index >= 15 is 0 Å². The quantitative estimate of drug-likeness (QED) is 0.385. The van der Waals surface area contributed by atoms with Gasteiger partial charge in [-0.15, -0.1) is 0 Å². The maximum atomic E-state index is 12.4. The van der Waals surface area contributed by atoms with E-state index in [4.69, 9.17) is 4.74 Å². The van der Waals surface area contributed by atoms with Crippen LogP contribution in [0.5, 0.6) is 0 Å². The number of amides is 1. The summed E-state index contributed by atoms with van der Waals surface area (Å²) in [4.78, 5) is 49.0. The predicted molar refractivity (Wildman–Crippen MR) is 115 cm³/mol. The molecule has 0 atom stereocenters. The van der Waals surface area contributed by atoms with E-state index in [1.165, 1.54) is 31.3 Å². The number of hydrogen-bond donors (Lipinski definition) is 1. The second kappa shape index (κ2) is 9.73. The minimum Gasteiger partial charge on any atom is -0.452 e. The Hall–Kier alpha value is -4.22. The number of benzene rings is 2. The van der Waals surface area contributed by atoms with Gasteiger partial charge in [-0.25, -0.2) is 4.79 Å². The van der Waals surface area contributed by atoms with Crippen molar-refractivity contribution < 1.29 is 24.2 Å². The number of non-ortho nitro benzene ring substituents is 1. The molecule has 0 aliphatic carbocycles. The summed E-state index contributed by atoms with van der Waals surface area (Å²) in [5.41, 5.74) is 0.798. The Bertz CT molecular complexity index is 1030. The summed E-state index contributed by atoms with van der Waals surface area (Å²) in [6, 6.07) is 10.1. The molecule has 12 heteroatoms. The van der Waals surface area contributed by atoms with E-state index in [0.29, 0.717) is 26.2 Å². The fraction of sp³-hybridized carbons (Fsp3) is 0.300. The molecule has 1 fully saturated rings. The molecule has 1 aliphatic rings. The van der Waals surface area contributed by atoms with Gasteiger partial charge in [-0.1, -0.05) is 0 Å². The summed E-state index contributed by atoms with van der Waals surface area (Å²) < 4.78 is 5.05. The second-order valence-electron chi connectivity index (χ2n) is 6.96. The van der Waals surface area contributed by atoms with Crippen LogP contribution in [0.15, 0.2) is 42.5 Å². The zero-order chi connectivity index (χ0) is 23.3. The topological polar surface area (TPSA) is 148 Å². The number of hydrogen-bond acceptors (Lipinski definition) is 9. The van der Waals surface area contributed by atoms with Gasteiger partial charge in [0.1, 0.15) is 5.69 Å². The first-order valence-corrected chi connectivity index (χ1v) is 9.70. The minimum absolute atomic E-state index is 0.00955. The van der Waals surface area contributed by atoms with E-state index in [1.807, 2.05) is 4.90 Å². The molecule has 0 aromatic heterocycles. The monoisotopic (exact) mass is 443 g/mol. The minimum atomic E-state index is -0.825. The van der Waals surface area contributed by atoms with Gasteiger partial charge in [0, 0.05) is 57.1 Å². The molecule has 1 heterocycles. The van der Waals surface area contributed by atoms with Crippen molar-refractivity contribution in [1.82, 2.24) is 4.90 Å². The number of anilines is 2. The van der Waals surface area contributed by atoms with Crippen LogP contribution in [-0.2, 0) is 9.53 Å². The first kappa shape index (κ1) is 22.5. The zero-order valence-electron chi connectivity index (χ0n) is 17.2. The molecule has 168 valence electrons. The lowest BCUT2D eigenvalue weighted by Gasteiger charge is -2.36. The van der Waals surface area contributed by atoms with Crippen molar-refractivity contribution in [3.63, 3.8) is 0 Å².